The summed E-state index contributed by atoms with van der Waals surface area (Å²) in [7, 11) is -1.79. The number of amides is 2. The zero-order valence-corrected chi connectivity index (χ0v) is 20.2. The van der Waals surface area contributed by atoms with Crippen LogP contribution in [0.3, 0.4) is 0 Å². The second kappa shape index (κ2) is 9.91. The summed E-state index contributed by atoms with van der Waals surface area (Å²) in [5.74, 6) is -2.10. The molecule has 3 rings (SSSR count). The van der Waals surface area contributed by atoms with Crippen molar-refractivity contribution in [3.05, 3.63) is 0 Å². The molecule has 184 valence electrons. The molecule has 3 aliphatic rings. The molecule has 0 N–H and O–H groups in total. The normalized spacial score (nSPS) is 39.1. The number of piperazine rings is 1. The van der Waals surface area contributed by atoms with Crippen LogP contribution in [-0.2, 0) is 24.2 Å². The maximum absolute atomic E-state index is 14.8. The molecule has 1 heterocycles. The summed E-state index contributed by atoms with van der Waals surface area (Å²) in [4.78, 5) is 29.5. The number of nitrogens with zero attached hydrogens (tertiary/aromatic N) is 2. The molecule has 32 heavy (non-hydrogen) atoms. The first kappa shape index (κ1) is 25.3. The van der Waals surface area contributed by atoms with Gasteiger partial charge in [0.2, 0.25) is 11.8 Å². The number of ether oxygens (including phenoxy) is 1. The topological polar surface area (TPSA) is 84.0 Å². The van der Waals surface area contributed by atoms with Crippen molar-refractivity contribution in [1.29, 1.82) is 0 Å². The standard InChI is InChI=1S/C22H36F2N2O5S/c1-13-11-25(21(27)17-7-5-15(31-3)9-19(17)23)12-14(2)26(13)22(28)18-8-6-16(10-20(18)24)32(4,29)30/h13-20H,5-12H2,1-4H3/t13-,14-,15?,16?,17?,18?,19?,20?/m1/s1. The molecule has 0 radical (unpaired) electrons. The lowest BCUT2D eigenvalue weighted by molar-refractivity contribution is -0.155. The number of sulfone groups is 1. The number of rotatable bonds is 4. The summed E-state index contributed by atoms with van der Waals surface area (Å²) in [5, 5.41) is -0.743. The average molecular weight is 479 g/mol. The fourth-order valence-corrected chi connectivity index (χ4v) is 6.78. The predicted molar refractivity (Wildman–Crippen MR) is 116 cm³/mol. The van der Waals surface area contributed by atoms with Gasteiger partial charge in [0.25, 0.3) is 0 Å². The largest absolute Gasteiger partial charge is 0.381 e. The Morgan fingerprint density at radius 3 is 1.91 bits per heavy atom. The van der Waals surface area contributed by atoms with E-state index in [1.54, 1.807) is 16.9 Å². The van der Waals surface area contributed by atoms with Crippen molar-refractivity contribution in [3.63, 3.8) is 0 Å². The van der Waals surface area contributed by atoms with E-state index < -0.39 is 39.3 Å². The minimum atomic E-state index is -3.34. The van der Waals surface area contributed by atoms with E-state index in [1.807, 2.05) is 13.8 Å². The molecule has 0 aromatic heterocycles. The second-order valence-electron chi connectivity index (χ2n) is 9.87. The predicted octanol–water partition coefficient (Wildman–Crippen LogP) is 2.14. The third-order valence-corrected chi connectivity index (χ3v) is 9.15. The van der Waals surface area contributed by atoms with Gasteiger partial charge in [0.15, 0.2) is 0 Å². The fourth-order valence-electron chi connectivity index (χ4n) is 5.68. The van der Waals surface area contributed by atoms with Crippen molar-refractivity contribution in [2.45, 2.75) is 88.2 Å². The highest BCUT2D eigenvalue weighted by atomic mass is 32.2. The Bertz CT molecular complexity index is 798. The minimum Gasteiger partial charge on any atom is -0.381 e. The van der Waals surface area contributed by atoms with Crippen LogP contribution in [-0.4, -0.2) is 92.3 Å². The van der Waals surface area contributed by atoms with Crippen LogP contribution < -0.4 is 0 Å². The third kappa shape index (κ3) is 5.26. The molecule has 2 amide bonds. The summed E-state index contributed by atoms with van der Waals surface area (Å²) >= 11 is 0. The van der Waals surface area contributed by atoms with Crippen molar-refractivity contribution in [2.24, 2.45) is 11.8 Å². The van der Waals surface area contributed by atoms with Crippen LogP contribution in [0.1, 0.15) is 52.4 Å². The van der Waals surface area contributed by atoms with E-state index in [4.69, 9.17) is 4.74 Å². The molecule has 2 saturated carbocycles. The van der Waals surface area contributed by atoms with Crippen LogP contribution >= 0.6 is 0 Å². The SMILES string of the molecule is COC1CCC(C(=O)N2C[C@@H](C)N(C(=O)C3CCC(S(C)(=O)=O)CC3F)[C@H](C)C2)C(F)C1. The van der Waals surface area contributed by atoms with Gasteiger partial charge in [-0.3, -0.25) is 9.59 Å². The van der Waals surface area contributed by atoms with E-state index in [9.17, 15) is 26.8 Å². The first-order chi connectivity index (χ1) is 14.9. The van der Waals surface area contributed by atoms with Gasteiger partial charge in [-0.1, -0.05) is 0 Å². The van der Waals surface area contributed by atoms with Crippen molar-refractivity contribution in [1.82, 2.24) is 9.80 Å². The zero-order chi connectivity index (χ0) is 23.8. The second-order valence-corrected chi connectivity index (χ2v) is 12.2. The first-order valence-electron chi connectivity index (χ1n) is 11.5. The van der Waals surface area contributed by atoms with Crippen LogP contribution in [0.5, 0.6) is 0 Å². The molecule has 1 aliphatic heterocycles. The van der Waals surface area contributed by atoms with Crippen LogP contribution in [0.4, 0.5) is 8.78 Å². The highest BCUT2D eigenvalue weighted by molar-refractivity contribution is 7.91. The van der Waals surface area contributed by atoms with Gasteiger partial charge in [-0.25, -0.2) is 17.2 Å². The maximum atomic E-state index is 14.8. The number of carbonyl (C=O) groups excluding carboxylic acids is 2. The molecule has 0 bridgehead atoms. The average Bonchev–Trinajstić information content (AvgIpc) is 2.71. The molecular weight excluding hydrogens is 442 g/mol. The molecule has 8 atom stereocenters. The van der Waals surface area contributed by atoms with Gasteiger partial charge in [0.1, 0.15) is 22.2 Å². The van der Waals surface area contributed by atoms with E-state index >= 15 is 0 Å². The number of hydrogen-bond donors (Lipinski definition) is 0. The lowest BCUT2D eigenvalue weighted by atomic mass is 9.84. The smallest absolute Gasteiger partial charge is 0.229 e. The van der Waals surface area contributed by atoms with Crippen molar-refractivity contribution in [2.75, 3.05) is 26.5 Å². The summed E-state index contributed by atoms with van der Waals surface area (Å²) < 4.78 is 58.2. The molecule has 0 aromatic rings. The van der Waals surface area contributed by atoms with Crippen LogP contribution in [0.2, 0.25) is 0 Å². The van der Waals surface area contributed by atoms with Gasteiger partial charge >= 0.3 is 0 Å². The Balaban J connectivity index is 1.62. The highest BCUT2D eigenvalue weighted by Gasteiger charge is 2.45. The summed E-state index contributed by atoms with van der Waals surface area (Å²) in [6.45, 7) is 4.19. The molecular formula is C22H36F2N2O5S. The zero-order valence-electron chi connectivity index (χ0n) is 19.4. The Labute approximate surface area is 189 Å². The van der Waals surface area contributed by atoms with Gasteiger partial charge in [-0.2, -0.15) is 0 Å². The Morgan fingerprint density at radius 2 is 1.41 bits per heavy atom. The van der Waals surface area contributed by atoms with E-state index in [0.717, 1.165) is 6.26 Å². The van der Waals surface area contributed by atoms with Crippen LogP contribution in [0.15, 0.2) is 0 Å². The highest BCUT2D eigenvalue weighted by Crippen LogP contribution is 2.35. The van der Waals surface area contributed by atoms with Crippen molar-refractivity contribution < 1.29 is 31.5 Å². The molecule has 10 heteroatoms. The molecule has 6 unspecified atom stereocenters. The van der Waals surface area contributed by atoms with E-state index in [0.29, 0.717) is 12.8 Å². The first-order valence-corrected chi connectivity index (χ1v) is 13.5. The molecule has 0 spiro atoms. The lowest BCUT2D eigenvalue weighted by Gasteiger charge is -2.47. The van der Waals surface area contributed by atoms with Crippen LogP contribution in [0.25, 0.3) is 0 Å². The fraction of sp³-hybridized carbons (Fsp3) is 0.909. The lowest BCUT2D eigenvalue weighted by Crippen LogP contribution is -2.62. The molecule has 1 saturated heterocycles. The maximum Gasteiger partial charge on any atom is 0.229 e. The van der Waals surface area contributed by atoms with Gasteiger partial charge in [0, 0.05) is 45.0 Å². The monoisotopic (exact) mass is 478 g/mol. The number of carbonyl (C=O) groups is 2. The molecule has 2 aliphatic carbocycles. The Kier molecular flexibility index (Phi) is 7.85. The number of alkyl halides is 2. The van der Waals surface area contributed by atoms with E-state index in [2.05, 4.69) is 0 Å². The van der Waals surface area contributed by atoms with Gasteiger partial charge in [-0.05, 0) is 46.0 Å². The molecule has 7 nitrogen and oxygen atoms in total. The van der Waals surface area contributed by atoms with Gasteiger partial charge in [0.05, 0.1) is 23.2 Å². The van der Waals surface area contributed by atoms with Crippen molar-refractivity contribution in [3.8, 4) is 0 Å². The van der Waals surface area contributed by atoms with E-state index in [1.165, 1.54) is 0 Å². The number of methoxy groups -OCH3 is 1. The Hall–Kier alpha value is -1.29. The number of halogens is 2. The Morgan fingerprint density at radius 1 is 0.875 bits per heavy atom. The third-order valence-electron chi connectivity index (χ3n) is 7.51. The minimum absolute atomic E-state index is 0.154. The molecule has 3 fully saturated rings. The summed E-state index contributed by atoms with van der Waals surface area (Å²) in [6.07, 6.45) is -0.186. The van der Waals surface area contributed by atoms with Gasteiger partial charge in [-0.15, -0.1) is 0 Å². The van der Waals surface area contributed by atoms with Crippen LogP contribution in [0, 0.1) is 11.8 Å². The number of hydrogen-bond acceptors (Lipinski definition) is 5. The quantitative estimate of drug-likeness (QED) is 0.618. The van der Waals surface area contributed by atoms with Crippen molar-refractivity contribution >= 4 is 21.7 Å². The summed E-state index contributed by atoms with van der Waals surface area (Å²) in [5.41, 5.74) is 0. The van der Waals surface area contributed by atoms with E-state index in [-0.39, 0.29) is 68.8 Å². The molecule has 0 aromatic carbocycles. The summed E-state index contributed by atoms with van der Waals surface area (Å²) in [6, 6.07) is -0.660. The van der Waals surface area contributed by atoms with Gasteiger partial charge < -0.3 is 14.5 Å².